The number of alkyl halides is 1. The largest absolute Gasteiger partial charge is 0.395 e. The average Bonchev–Trinajstić information content (AvgIpc) is 3.44. The minimum absolute atomic E-state index is 0.0663. The number of aliphatic hydroxyl groups excluding tert-OH is 1. The summed E-state index contributed by atoms with van der Waals surface area (Å²) in [5.74, 6) is -1.22. The topological polar surface area (TPSA) is 114 Å². The van der Waals surface area contributed by atoms with Crippen molar-refractivity contribution >= 4 is 5.57 Å². The van der Waals surface area contributed by atoms with E-state index in [4.69, 9.17) is 10.5 Å². The van der Waals surface area contributed by atoms with Crippen molar-refractivity contribution in [3.63, 3.8) is 0 Å². The van der Waals surface area contributed by atoms with Crippen molar-refractivity contribution in [3.8, 4) is 0 Å². The van der Waals surface area contributed by atoms with Crippen molar-refractivity contribution in [3.05, 3.63) is 37.9 Å². The maximum Gasteiger partial charge on any atom is 0.328 e. The molecule has 3 aliphatic rings. The first-order valence-electron chi connectivity index (χ1n) is 9.82. The van der Waals surface area contributed by atoms with Crippen LogP contribution in [0.5, 0.6) is 0 Å². The zero-order chi connectivity index (χ0) is 21.0. The van der Waals surface area contributed by atoms with E-state index in [2.05, 4.69) is 4.98 Å². The van der Waals surface area contributed by atoms with E-state index in [9.17, 15) is 19.1 Å². The number of ether oxygens (including phenoxy) is 1. The van der Waals surface area contributed by atoms with Crippen molar-refractivity contribution in [2.75, 3.05) is 26.8 Å². The fourth-order valence-electron chi connectivity index (χ4n) is 4.70. The highest BCUT2D eigenvalue weighted by molar-refractivity contribution is 5.70. The molecule has 2 fully saturated rings. The van der Waals surface area contributed by atoms with Crippen LogP contribution in [-0.4, -0.2) is 64.6 Å². The lowest BCUT2D eigenvalue weighted by Crippen LogP contribution is -2.47. The van der Waals surface area contributed by atoms with Crippen LogP contribution in [0.3, 0.4) is 0 Å². The zero-order valence-corrected chi connectivity index (χ0v) is 16.4. The van der Waals surface area contributed by atoms with E-state index < -0.39 is 47.4 Å². The smallest absolute Gasteiger partial charge is 0.328 e. The molecule has 1 aliphatic heterocycles. The number of halogens is 2. The normalized spacial score (nSPS) is 31.2. The van der Waals surface area contributed by atoms with Gasteiger partial charge in [-0.25, -0.2) is 13.6 Å². The van der Waals surface area contributed by atoms with E-state index in [0.29, 0.717) is 5.69 Å². The molecule has 0 radical (unpaired) electrons. The van der Waals surface area contributed by atoms with E-state index in [-0.39, 0.29) is 36.9 Å². The van der Waals surface area contributed by atoms with Crippen LogP contribution in [0.2, 0.25) is 0 Å². The van der Waals surface area contributed by atoms with Gasteiger partial charge in [-0.15, -0.1) is 0 Å². The Kier molecular flexibility index (Phi) is 5.22. The van der Waals surface area contributed by atoms with Gasteiger partial charge in [-0.05, 0) is 25.3 Å². The fraction of sp³-hybridized carbons (Fsp3) is 0.684. The van der Waals surface area contributed by atoms with Gasteiger partial charge >= 0.3 is 5.69 Å². The first kappa shape index (κ1) is 20.4. The lowest BCUT2D eigenvalue weighted by molar-refractivity contribution is 0.0167. The summed E-state index contributed by atoms with van der Waals surface area (Å²) in [7, 11) is 1.39. The van der Waals surface area contributed by atoms with Gasteiger partial charge in [0.15, 0.2) is 0 Å². The summed E-state index contributed by atoms with van der Waals surface area (Å²) in [4.78, 5) is 28.9. The number of H-pyrrole nitrogens is 1. The Morgan fingerprint density at radius 1 is 1.34 bits per heavy atom. The molecular formula is C19H26F2N4O4. The van der Waals surface area contributed by atoms with Gasteiger partial charge in [0.05, 0.1) is 23.9 Å². The van der Waals surface area contributed by atoms with Gasteiger partial charge in [0, 0.05) is 38.2 Å². The van der Waals surface area contributed by atoms with E-state index in [1.54, 1.807) is 4.90 Å². The number of rotatable bonds is 5. The summed E-state index contributed by atoms with van der Waals surface area (Å²) in [6, 6.07) is -1.80. The molecule has 1 aromatic rings. The quantitative estimate of drug-likeness (QED) is 0.638. The average molecular weight is 412 g/mol. The minimum Gasteiger partial charge on any atom is -0.395 e. The number of aromatic amines is 1. The highest BCUT2D eigenvalue weighted by Crippen LogP contribution is 2.45. The van der Waals surface area contributed by atoms with Crippen LogP contribution < -0.4 is 17.0 Å². The molecule has 1 saturated heterocycles. The summed E-state index contributed by atoms with van der Waals surface area (Å²) in [6.07, 6.45) is -0.697. The molecule has 0 spiro atoms. The van der Waals surface area contributed by atoms with Gasteiger partial charge < -0.3 is 15.6 Å². The minimum atomic E-state index is -1.33. The Morgan fingerprint density at radius 3 is 2.62 bits per heavy atom. The number of nitrogens with one attached hydrogen (secondary N) is 1. The van der Waals surface area contributed by atoms with E-state index in [1.807, 2.05) is 0 Å². The predicted molar refractivity (Wildman–Crippen MR) is 102 cm³/mol. The molecule has 2 heterocycles. The second kappa shape index (κ2) is 7.42. The standard InChI is InChI=1S/C19H26F2N4O4/c1-8-13-15(25(9-3-4-9)19(28)23-18(13)27)17(29-2)16(14(8)21)24-5-10(11(20)6-24)12(22)7-26/h9-12,16-17,26H,3-7,22H2,1-2H3,(H,23,27,28). The van der Waals surface area contributed by atoms with Crippen molar-refractivity contribution in [2.24, 2.45) is 11.7 Å². The SMILES string of the molecule is COC1c2c(c(=O)[nH]c(=O)n2C2CC2)C(C)=C(F)C1N1CC(F)C(C(N)CO)C1. The Bertz CT molecular complexity index is 955. The number of hydrogen-bond donors (Lipinski definition) is 3. The van der Waals surface area contributed by atoms with Gasteiger partial charge in [-0.2, -0.15) is 0 Å². The summed E-state index contributed by atoms with van der Waals surface area (Å²) >= 11 is 0. The second-order valence-corrected chi connectivity index (χ2v) is 8.17. The van der Waals surface area contributed by atoms with Crippen LogP contribution in [0.15, 0.2) is 15.4 Å². The van der Waals surface area contributed by atoms with Crippen LogP contribution in [0.25, 0.3) is 5.57 Å². The van der Waals surface area contributed by atoms with Gasteiger partial charge in [0.25, 0.3) is 5.56 Å². The third-order valence-corrected chi connectivity index (χ3v) is 6.37. The van der Waals surface area contributed by atoms with Gasteiger partial charge in [-0.1, -0.05) is 0 Å². The zero-order valence-electron chi connectivity index (χ0n) is 16.4. The lowest BCUT2D eigenvalue weighted by atomic mass is 9.88. The molecule has 5 atom stereocenters. The van der Waals surface area contributed by atoms with Crippen LogP contribution in [-0.2, 0) is 4.74 Å². The molecule has 4 rings (SSSR count). The van der Waals surface area contributed by atoms with Gasteiger partial charge in [0.1, 0.15) is 18.1 Å². The maximum absolute atomic E-state index is 15.5. The summed E-state index contributed by atoms with van der Waals surface area (Å²) in [6.45, 7) is 1.19. The number of likely N-dealkylation sites (tertiary alicyclic amines) is 1. The first-order valence-corrected chi connectivity index (χ1v) is 9.82. The van der Waals surface area contributed by atoms with E-state index in [1.165, 1.54) is 18.6 Å². The molecule has 5 unspecified atom stereocenters. The van der Waals surface area contributed by atoms with E-state index >= 15 is 4.39 Å². The highest BCUT2D eigenvalue weighted by atomic mass is 19.1. The van der Waals surface area contributed by atoms with E-state index in [0.717, 1.165) is 12.8 Å². The molecule has 1 aromatic heterocycles. The number of nitrogens with two attached hydrogens (primary N) is 1. The second-order valence-electron chi connectivity index (χ2n) is 8.17. The van der Waals surface area contributed by atoms with Gasteiger partial charge in [-0.3, -0.25) is 19.2 Å². The number of fused-ring (bicyclic) bond motifs is 1. The summed E-state index contributed by atoms with van der Waals surface area (Å²) in [5.41, 5.74) is 5.21. The number of methoxy groups -OCH3 is 1. The third kappa shape index (κ3) is 3.18. The van der Waals surface area contributed by atoms with Crippen molar-refractivity contribution < 1.29 is 18.6 Å². The van der Waals surface area contributed by atoms with Crippen molar-refractivity contribution in [1.29, 1.82) is 0 Å². The molecule has 2 aliphatic carbocycles. The van der Waals surface area contributed by atoms with Crippen molar-refractivity contribution in [1.82, 2.24) is 14.5 Å². The van der Waals surface area contributed by atoms with Crippen molar-refractivity contribution in [2.45, 2.75) is 50.2 Å². The molecule has 1 saturated carbocycles. The molecule has 160 valence electrons. The van der Waals surface area contributed by atoms with Crippen LogP contribution in [0.4, 0.5) is 8.78 Å². The Labute approximate surface area is 166 Å². The number of aromatic nitrogens is 2. The molecule has 29 heavy (non-hydrogen) atoms. The Balaban J connectivity index is 1.83. The lowest BCUT2D eigenvalue weighted by Gasteiger charge is -2.38. The van der Waals surface area contributed by atoms with Crippen LogP contribution in [0.1, 0.15) is 43.2 Å². The Hall–Kier alpha value is -1.88. The molecule has 0 aromatic carbocycles. The van der Waals surface area contributed by atoms with Gasteiger partial charge in [0.2, 0.25) is 0 Å². The van der Waals surface area contributed by atoms with Crippen LogP contribution >= 0.6 is 0 Å². The molecule has 0 bridgehead atoms. The number of allylic oxidation sites excluding steroid dienone is 1. The molecule has 8 nitrogen and oxygen atoms in total. The predicted octanol–water partition coefficient (Wildman–Crippen LogP) is 0.231. The molecule has 4 N–H and O–H groups in total. The third-order valence-electron chi connectivity index (χ3n) is 6.37. The molecule has 10 heteroatoms. The first-order chi connectivity index (χ1) is 13.8. The number of hydrogen-bond acceptors (Lipinski definition) is 6. The monoisotopic (exact) mass is 412 g/mol. The maximum atomic E-state index is 15.5. The molecular weight excluding hydrogens is 386 g/mol. The number of aliphatic hydroxyl groups is 1. The Morgan fingerprint density at radius 2 is 2.03 bits per heavy atom. The summed E-state index contributed by atoms with van der Waals surface area (Å²) in [5, 5.41) is 9.30. The fourth-order valence-corrected chi connectivity index (χ4v) is 4.70. The molecule has 0 amide bonds. The highest BCUT2D eigenvalue weighted by Gasteiger charge is 2.48. The number of nitrogens with zero attached hydrogens (tertiary/aromatic N) is 2. The summed E-state index contributed by atoms with van der Waals surface area (Å²) < 4.78 is 37.2. The van der Waals surface area contributed by atoms with Crippen LogP contribution in [0, 0.1) is 5.92 Å².